The summed E-state index contributed by atoms with van der Waals surface area (Å²) in [5.41, 5.74) is 0.0738. The first-order valence-corrected chi connectivity index (χ1v) is 7.03. The van der Waals surface area contributed by atoms with E-state index < -0.39 is 5.54 Å². The summed E-state index contributed by atoms with van der Waals surface area (Å²) in [6.07, 6.45) is 2.02. The van der Waals surface area contributed by atoms with Crippen LogP contribution >= 0.6 is 15.9 Å². The van der Waals surface area contributed by atoms with E-state index in [1.54, 1.807) is 7.11 Å². The molecule has 19 heavy (non-hydrogen) atoms. The zero-order valence-corrected chi connectivity index (χ0v) is 12.7. The van der Waals surface area contributed by atoms with Crippen LogP contribution in [-0.2, 0) is 14.3 Å². The highest BCUT2D eigenvalue weighted by molar-refractivity contribution is 9.10. The number of nitrogens with one attached hydrogen (secondary N) is 1. The Morgan fingerprint density at radius 3 is 2.63 bits per heavy atom. The monoisotopic (exact) mass is 327 g/mol. The SMILES string of the molecule is COCC(Nc1ccccc1Br)(C(=O)OC)C1CC1. The quantitative estimate of drug-likeness (QED) is 0.816. The van der Waals surface area contributed by atoms with Gasteiger partial charge in [0.15, 0.2) is 5.54 Å². The summed E-state index contributed by atoms with van der Waals surface area (Å²) in [5, 5.41) is 3.33. The maximum atomic E-state index is 12.2. The third kappa shape index (κ3) is 2.92. The molecule has 104 valence electrons. The molecule has 2 rings (SSSR count). The lowest BCUT2D eigenvalue weighted by Crippen LogP contribution is -2.53. The third-order valence-corrected chi connectivity index (χ3v) is 4.12. The highest BCUT2D eigenvalue weighted by atomic mass is 79.9. The lowest BCUT2D eigenvalue weighted by Gasteiger charge is -2.32. The van der Waals surface area contributed by atoms with Crippen molar-refractivity contribution in [3.05, 3.63) is 28.7 Å². The van der Waals surface area contributed by atoms with Crippen molar-refractivity contribution in [1.82, 2.24) is 0 Å². The molecule has 0 aliphatic heterocycles. The van der Waals surface area contributed by atoms with Crippen molar-refractivity contribution in [1.29, 1.82) is 0 Å². The van der Waals surface area contributed by atoms with Crippen molar-refractivity contribution in [2.45, 2.75) is 18.4 Å². The number of ether oxygens (including phenoxy) is 2. The van der Waals surface area contributed by atoms with Gasteiger partial charge in [-0.2, -0.15) is 0 Å². The highest BCUT2D eigenvalue weighted by Crippen LogP contribution is 2.43. The van der Waals surface area contributed by atoms with Crippen molar-refractivity contribution in [3.8, 4) is 0 Å². The minimum atomic E-state index is -0.798. The van der Waals surface area contributed by atoms with Crippen LogP contribution in [0.4, 0.5) is 5.69 Å². The smallest absolute Gasteiger partial charge is 0.334 e. The average molecular weight is 328 g/mol. The molecule has 0 bridgehead atoms. The van der Waals surface area contributed by atoms with Crippen LogP contribution in [0.1, 0.15) is 12.8 Å². The van der Waals surface area contributed by atoms with E-state index in [-0.39, 0.29) is 11.9 Å². The summed E-state index contributed by atoms with van der Waals surface area (Å²) >= 11 is 3.49. The van der Waals surface area contributed by atoms with Crippen LogP contribution in [0.3, 0.4) is 0 Å². The van der Waals surface area contributed by atoms with E-state index in [4.69, 9.17) is 9.47 Å². The number of hydrogen-bond donors (Lipinski definition) is 1. The van der Waals surface area contributed by atoms with Gasteiger partial charge in [0.05, 0.1) is 13.7 Å². The molecule has 0 heterocycles. The van der Waals surface area contributed by atoms with Crippen molar-refractivity contribution in [2.24, 2.45) is 5.92 Å². The van der Waals surface area contributed by atoms with Crippen LogP contribution < -0.4 is 5.32 Å². The van der Waals surface area contributed by atoms with Gasteiger partial charge < -0.3 is 14.8 Å². The zero-order chi connectivity index (χ0) is 13.9. The summed E-state index contributed by atoms with van der Waals surface area (Å²) in [6, 6.07) is 7.72. The van der Waals surface area contributed by atoms with Crippen LogP contribution in [-0.4, -0.2) is 32.3 Å². The molecule has 0 amide bonds. The van der Waals surface area contributed by atoms with E-state index in [2.05, 4.69) is 21.2 Å². The summed E-state index contributed by atoms with van der Waals surface area (Å²) in [4.78, 5) is 12.2. The number of anilines is 1. The Labute approximate surface area is 121 Å². The maximum absolute atomic E-state index is 12.2. The van der Waals surface area contributed by atoms with Gasteiger partial charge in [-0.1, -0.05) is 12.1 Å². The number of carbonyl (C=O) groups is 1. The fourth-order valence-electron chi connectivity index (χ4n) is 2.32. The Bertz CT molecular complexity index is 462. The van der Waals surface area contributed by atoms with Crippen LogP contribution in [0.2, 0.25) is 0 Å². The van der Waals surface area contributed by atoms with Gasteiger partial charge in [0, 0.05) is 17.3 Å². The molecule has 5 heteroatoms. The molecule has 0 spiro atoms. The molecule has 1 aliphatic rings. The number of carbonyl (C=O) groups excluding carboxylic acids is 1. The van der Waals surface area contributed by atoms with Crippen molar-refractivity contribution in [3.63, 3.8) is 0 Å². The Hall–Kier alpha value is -1.07. The van der Waals surface area contributed by atoms with Crippen molar-refractivity contribution >= 4 is 27.6 Å². The molecular weight excluding hydrogens is 310 g/mol. The first kappa shape index (κ1) is 14.3. The molecule has 0 saturated heterocycles. The van der Waals surface area contributed by atoms with E-state index >= 15 is 0 Å². The van der Waals surface area contributed by atoms with Gasteiger partial charge in [-0.15, -0.1) is 0 Å². The predicted molar refractivity (Wildman–Crippen MR) is 77.1 cm³/mol. The number of esters is 1. The maximum Gasteiger partial charge on any atom is 0.334 e. The summed E-state index contributed by atoms with van der Waals surface area (Å²) < 4.78 is 11.2. The molecular formula is C14H18BrNO3. The van der Waals surface area contributed by atoms with Crippen LogP contribution in [0, 0.1) is 5.92 Å². The van der Waals surface area contributed by atoms with Crippen LogP contribution in [0.25, 0.3) is 0 Å². The molecule has 1 aromatic rings. The number of rotatable bonds is 6. The number of halogens is 1. The van der Waals surface area contributed by atoms with Gasteiger partial charge in [-0.25, -0.2) is 4.79 Å². The number of para-hydroxylation sites is 1. The largest absolute Gasteiger partial charge is 0.467 e. The number of benzene rings is 1. The fourth-order valence-corrected chi connectivity index (χ4v) is 2.71. The molecule has 0 radical (unpaired) electrons. The van der Waals surface area contributed by atoms with E-state index in [0.29, 0.717) is 6.61 Å². The Morgan fingerprint density at radius 1 is 1.42 bits per heavy atom. The van der Waals surface area contributed by atoms with E-state index in [1.165, 1.54) is 7.11 Å². The van der Waals surface area contributed by atoms with Crippen LogP contribution in [0.5, 0.6) is 0 Å². The van der Waals surface area contributed by atoms with Gasteiger partial charge in [-0.05, 0) is 46.8 Å². The Morgan fingerprint density at radius 2 is 2.11 bits per heavy atom. The summed E-state index contributed by atoms with van der Waals surface area (Å²) in [7, 11) is 3.01. The van der Waals surface area contributed by atoms with Gasteiger partial charge in [0.2, 0.25) is 0 Å². The van der Waals surface area contributed by atoms with Gasteiger partial charge in [-0.3, -0.25) is 0 Å². The summed E-state index contributed by atoms with van der Waals surface area (Å²) in [6.45, 7) is 0.297. The van der Waals surface area contributed by atoms with Gasteiger partial charge in [0.25, 0.3) is 0 Å². The molecule has 1 aliphatic carbocycles. The van der Waals surface area contributed by atoms with Gasteiger partial charge in [0.1, 0.15) is 0 Å². The van der Waals surface area contributed by atoms with Gasteiger partial charge >= 0.3 is 5.97 Å². The lowest BCUT2D eigenvalue weighted by molar-refractivity contribution is -0.149. The first-order chi connectivity index (χ1) is 9.14. The molecule has 4 nitrogen and oxygen atoms in total. The molecule has 1 unspecified atom stereocenters. The van der Waals surface area contributed by atoms with E-state index in [1.807, 2.05) is 24.3 Å². The second-order valence-corrected chi connectivity index (χ2v) is 5.63. The molecule has 1 fully saturated rings. The zero-order valence-electron chi connectivity index (χ0n) is 11.1. The third-order valence-electron chi connectivity index (χ3n) is 3.43. The van der Waals surface area contributed by atoms with Crippen LogP contribution in [0.15, 0.2) is 28.7 Å². The van der Waals surface area contributed by atoms with E-state index in [9.17, 15) is 4.79 Å². The predicted octanol–water partition coefficient (Wildman–Crippen LogP) is 2.83. The molecule has 1 aromatic carbocycles. The number of methoxy groups -OCH3 is 2. The number of hydrogen-bond acceptors (Lipinski definition) is 4. The Balaban J connectivity index is 2.32. The first-order valence-electron chi connectivity index (χ1n) is 6.24. The average Bonchev–Trinajstić information content (AvgIpc) is 3.24. The van der Waals surface area contributed by atoms with E-state index in [0.717, 1.165) is 23.0 Å². The molecule has 0 aromatic heterocycles. The normalized spacial score (nSPS) is 17.6. The minimum Gasteiger partial charge on any atom is -0.467 e. The van der Waals surface area contributed by atoms with Crippen molar-refractivity contribution in [2.75, 3.05) is 26.1 Å². The minimum absolute atomic E-state index is 0.256. The lowest BCUT2D eigenvalue weighted by atomic mass is 9.93. The summed E-state index contributed by atoms with van der Waals surface area (Å²) in [5.74, 6) is -0.0143. The highest BCUT2D eigenvalue weighted by Gasteiger charge is 2.52. The Kier molecular flexibility index (Phi) is 4.47. The topological polar surface area (TPSA) is 47.6 Å². The second kappa shape index (κ2) is 5.92. The fraction of sp³-hybridized carbons (Fsp3) is 0.500. The second-order valence-electron chi connectivity index (χ2n) is 4.78. The molecule has 1 N–H and O–H groups in total. The van der Waals surface area contributed by atoms with Crippen molar-refractivity contribution < 1.29 is 14.3 Å². The molecule has 1 saturated carbocycles. The standard InChI is InChI=1S/C14H18BrNO3/c1-18-9-14(10-7-8-10,13(17)19-2)16-12-6-4-3-5-11(12)15/h3-6,10,16H,7-9H2,1-2H3. The molecule has 1 atom stereocenters.